The van der Waals surface area contributed by atoms with E-state index in [0.29, 0.717) is 31.6 Å². The maximum absolute atomic E-state index is 13.1. The van der Waals surface area contributed by atoms with Gasteiger partial charge in [-0.3, -0.25) is 24.2 Å². The number of aliphatic imine (C=N–C) groups is 1. The highest BCUT2D eigenvalue weighted by Crippen LogP contribution is 2.07. The number of carbonyl (C=O) groups is 5. The van der Waals surface area contributed by atoms with Gasteiger partial charge in [0.2, 0.25) is 17.7 Å². The Hall–Kier alpha value is -3.11. The second-order valence-corrected chi connectivity index (χ2v) is 9.23. The Labute approximate surface area is 219 Å². The molecule has 16 heteroatoms. The van der Waals surface area contributed by atoms with Gasteiger partial charge in [0, 0.05) is 6.54 Å². The molecule has 0 aromatic heterocycles. The molecule has 0 aromatic rings. The van der Waals surface area contributed by atoms with Crippen LogP contribution in [0.4, 0.5) is 0 Å². The van der Waals surface area contributed by atoms with Gasteiger partial charge in [0.25, 0.3) is 0 Å². The minimum Gasteiger partial charge on any atom is -0.481 e. The van der Waals surface area contributed by atoms with Gasteiger partial charge in [0.1, 0.15) is 18.1 Å². The van der Waals surface area contributed by atoms with E-state index >= 15 is 0 Å². The summed E-state index contributed by atoms with van der Waals surface area (Å²) in [6, 6.07) is -4.78. The van der Waals surface area contributed by atoms with E-state index in [4.69, 9.17) is 28.0 Å². The molecule has 0 rings (SSSR count). The number of rotatable bonds is 20. The number of hydrogen-bond acceptors (Lipinski definition) is 9. The molecule has 0 fully saturated rings. The molecule has 0 saturated carbocycles. The van der Waals surface area contributed by atoms with E-state index in [1.165, 1.54) is 11.8 Å². The molecule has 0 aliphatic carbocycles. The fourth-order valence-electron chi connectivity index (χ4n) is 3.11. The van der Waals surface area contributed by atoms with Crippen LogP contribution in [0.15, 0.2) is 4.99 Å². The van der Waals surface area contributed by atoms with Crippen molar-refractivity contribution in [2.45, 2.75) is 69.1 Å². The summed E-state index contributed by atoms with van der Waals surface area (Å²) in [5.74, 6) is -4.65. The van der Waals surface area contributed by atoms with Crippen molar-refractivity contribution in [3.05, 3.63) is 0 Å². The fraction of sp³-hybridized carbons (Fsp3) is 0.714. The number of carbonyl (C=O) groups excluding carboxylic acids is 3. The van der Waals surface area contributed by atoms with Crippen molar-refractivity contribution < 1.29 is 34.2 Å². The molecule has 13 N–H and O–H groups in total. The van der Waals surface area contributed by atoms with Crippen LogP contribution < -0.4 is 38.9 Å². The monoisotopic (exact) mass is 548 g/mol. The number of thioether (sulfide) groups is 1. The van der Waals surface area contributed by atoms with E-state index in [1.807, 2.05) is 0 Å². The van der Waals surface area contributed by atoms with Crippen LogP contribution in [0.2, 0.25) is 0 Å². The van der Waals surface area contributed by atoms with Crippen molar-refractivity contribution in [2.24, 2.45) is 27.9 Å². The van der Waals surface area contributed by atoms with E-state index < -0.39 is 60.2 Å². The molecule has 0 heterocycles. The minimum absolute atomic E-state index is 0.0765. The smallest absolute Gasteiger partial charge is 0.326 e. The topological polar surface area (TPSA) is 278 Å². The fourth-order valence-corrected chi connectivity index (χ4v) is 3.59. The lowest BCUT2D eigenvalue weighted by molar-refractivity contribution is -0.147. The van der Waals surface area contributed by atoms with E-state index in [1.54, 1.807) is 6.26 Å². The molecule has 15 nitrogen and oxygen atoms in total. The number of carboxylic acid groups (broad SMARTS) is 2. The Morgan fingerprint density at radius 2 is 1.41 bits per heavy atom. The number of nitrogens with zero attached hydrogens (tertiary/aromatic N) is 1. The van der Waals surface area contributed by atoms with Crippen LogP contribution in [0.3, 0.4) is 0 Å². The normalized spacial score (nSPS) is 13.9. The van der Waals surface area contributed by atoms with Gasteiger partial charge in [0.15, 0.2) is 5.96 Å². The number of guanidine groups is 1. The molecule has 0 saturated heterocycles. The Morgan fingerprint density at radius 1 is 0.838 bits per heavy atom. The Morgan fingerprint density at radius 3 is 1.92 bits per heavy atom. The van der Waals surface area contributed by atoms with E-state index in [2.05, 4.69) is 20.9 Å². The standard InChI is InChI=1S/C21H40N8O7S/c1-37-10-7-14(19(34)29-15(20(35)36)11-16(30)31)28-18(33)13(6-2-3-8-22)27-17(32)12(23)5-4-9-26-21(24)25/h12-15H,2-11,22-23H2,1H3,(H,27,32)(H,28,33)(H,29,34)(H,30,31)(H,35,36)(H4,24,25,26). The maximum atomic E-state index is 13.1. The third-order valence-corrected chi connectivity index (χ3v) is 5.77. The second kappa shape index (κ2) is 19.1. The molecule has 4 atom stereocenters. The molecule has 0 radical (unpaired) electrons. The number of nitrogens with two attached hydrogens (primary N) is 4. The van der Waals surface area contributed by atoms with Gasteiger partial charge < -0.3 is 49.1 Å². The summed E-state index contributed by atoms with van der Waals surface area (Å²) in [6.07, 6.45) is 3.13. The molecule has 0 aromatic carbocycles. The number of amides is 3. The zero-order valence-corrected chi connectivity index (χ0v) is 21.8. The molecule has 0 aliphatic rings. The highest BCUT2D eigenvalue weighted by atomic mass is 32.2. The highest BCUT2D eigenvalue weighted by Gasteiger charge is 2.30. The van der Waals surface area contributed by atoms with Gasteiger partial charge in [-0.1, -0.05) is 0 Å². The first-order valence-corrected chi connectivity index (χ1v) is 13.2. The number of carboxylic acids is 2. The van der Waals surface area contributed by atoms with Crippen LogP contribution in [0.25, 0.3) is 0 Å². The Balaban J connectivity index is 5.41. The van der Waals surface area contributed by atoms with Gasteiger partial charge in [0.05, 0.1) is 12.5 Å². The molecule has 37 heavy (non-hydrogen) atoms. The average molecular weight is 549 g/mol. The summed E-state index contributed by atoms with van der Waals surface area (Å²) in [5.41, 5.74) is 22.0. The summed E-state index contributed by atoms with van der Waals surface area (Å²) in [4.78, 5) is 64.5. The third kappa shape index (κ3) is 15.6. The number of unbranched alkanes of at least 4 members (excludes halogenated alkanes) is 1. The Kier molecular flexibility index (Phi) is 17.5. The third-order valence-electron chi connectivity index (χ3n) is 5.12. The zero-order chi connectivity index (χ0) is 28.4. The van der Waals surface area contributed by atoms with E-state index in [-0.39, 0.29) is 31.8 Å². The van der Waals surface area contributed by atoms with Gasteiger partial charge in [-0.05, 0) is 57.1 Å². The number of nitrogens with one attached hydrogen (secondary N) is 3. The minimum atomic E-state index is -1.67. The summed E-state index contributed by atoms with van der Waals surface area (Å²) in [5, 5.41) is 25.4. The molecular formula is C21H40N8O7S. The van der Waals surface area contributed by atoms with Crippen LogP contribution in [-0.4, -0.2) is 95.1 Å². The van der Waals surface area contributed by atoms with Crippen molar-refractivity contribution in [1.29, 1.82) is 0 Å². The molecule has 3 amide bonds. The van der Waals surface area contributed by atoms with Crippen LogP contribution >= 0.6 is 11.8 Å². The van der Waals surface area contributed by atoms with E-state index in [9.17, 15) is 29.1 Å². The summed E-state index contributed by atoms with van der Waals surface area (Å²) in [7, 11) is 0. The van der Waals surface area contributed by atoms with Gasteiger partial charge in [-0.25, -0.2) is 4.79 Å². The molecule has 212 valence electrons. The van der Waals surface area contributed by atoms with Crippen LogP contribution in [-0.2, 0) is 24.0 Å². The van der Waals surface area contributed by atoms with Gasteiger partial charge in [-0.15, -0.1) is 0 Å². The van der Waals surface area contributed by atoms with Crippen molar-refractivity contribution in [3.63, 3.8) is 0 Å². The number of aliphatic carboxylic acids is 2. The molecule has 4 unspecified atom stereocenters. The summed E-state index contributed by atoms with van der Waals surface area (Å²) in [6.45, 7) is 0.667. The summed E-state index contributed by atoms with van der Waals surface area (Å²) >= 11 is 1.39. The first-order valence-electron chi connectivity index (χ1n) is 11.8. The largest absolute Gasteiger partial charge is 0.481 e. The Bertz CT molecular complexity index is 795. The second-order valence-electron chi connectivity index (χ2n) is 8.24. The van der Waals surface area contributed by atoms with Crippen molar-refractivity contribution in [3.8, 4) is 0 Å². The van der Waals surface area contributed by atoms with Gasteiger partial charge >= 0.3 is 11.9 Å². The predicted molar refractivity (Wildman–Crippen MR) is 139 cm³/mol. The van der Waals surface area contributed by atoms with Crippen molar-refractivity contribution in [1.82, 2.24) is 16.0 Å². The average Bonchev–Trinajstić information content (AvgIpc) is 2.82. The quantitative estimate of drug-likeness (QED) is 0.0425. The lowest BCUT2D eigenvalue weighted by atomic mass is 10.1. The molecule has 0 spiro atoms. The van der Waals surface area contributed by atoms with Crippen LogP contribution in [0, 0.1) is 0 Å². The molecule has 0 bridgehead atoms. The van der Waals surface area contributed by atoms with Crippen LogP contribution in [0.5, 0.6) is 0 Å². The van der Waals surface area contributed by atoms with E-state index in [0.717, 1.165) is 0 Å². The first-order chi connectivity index (χ1) is 17.4. The summed E-state index contributed by atoms with van der Waals surface area (Å²) < 4.78 is 0. The van der Waals surface area contributed by atoms with Crippen molar-refractivity contribution in [2.75, 3.05) is 25.1 Å². The maximum Gasteiger partial charge on any atom is 0.326 e. The van der Waals surface area contributed by atoms with Crippen molar-refractivity contribution >= 4 is 47.4 Å². The first kappa shape index (κ1) is 33.9. The number of hydrogen-bond donors (Lipinski definition) is 9. The lowest BCUT2D eigenvalue weighted by Gasteiger charge is -2.25. The highest BCUT2D eigenvalue weighted by molar-refractivity contribution is 7.98. The SMILES string of the molecule is CSCCC(NC(=O)C(CCCCN)NC(=O)C(N)CCCN=C(N)N)C(=O)NC(CC(=O)O)C(=O)O. The molecular weight excluding hydrogens is 508 g/mol. The van der Waals surface area contributed by atoms with Gasteiger partial charge in [-0.2, -0.15) is 11.8 Å². The predicted octanol–water partition coefficient (Wildman–Crippen LogP) is -2.74. The molecule has 0 aliphatic heterocycles. The lowest BCUT2D eigenvalue weighted by Crippen LogP contribution is -2.57. The zero-order valence-electron chi connectivity index (χ0n) is 21.0. The van der Waals surface area contributed by atoms with Crippen LogP contribution in [0.1, 0.15) is 44.9 Å².